The van der Waals surface area contributed by atoms with E-state index in [0.717, 1.165) is 6.07 Å². The number of Topliss-reactive ketones (excluding diaryl/α,β-unsaturated/α-hetero) is 1. The van der Waals surface area contributed by atoms with Crippen molar-refractivity contribution in [1.82, 2.24) is 0 Å². The van der Waals surface area contributed by atoms with Gasteiger partial charge >= 0.3 is 5.97 Å². The van der Waals surface area contributed by atoms with Crippen LogP contribution in [-0.4, -0.2) is 21.8 Å². The van der Waals surface area contributed by atoms with Gasteiger partial charge in [-0.2, -0.15) is 0 Å². The number of carboxylic acid groups (broad SMARTS) is 1. The van der Waals surface area contributed by atoms with Gasteiger partial charge in [-0.3, -0.25) is 14.9 Å². The van der Waals surface area contributed by atoms with Crippen molar-refractivity contribution in [1.29, 1.82) is 0 Å². The zero-order valence-corrected chi connectivity index (χ0v) is 9.47. The lowest BCUT2D eigenvalue weighted by molar-refractivity contribution is -0.385. The predicted molar refractivity (Wildman–Crippen MR) is 59.3 cm³/mol. The number of carbonyl (C=O) groups is 2. The number of aromatic carboxylic acids is 1. The van der Waals surface area contributed by atoms with Gasteiger partial charge in [0.25, 0.3) is 5.69 Å². The van der Waals surface area contributed by atoms with Gasteiger partial charge in [0, 0.05) is 6.07 Å². The quantitative estimate of drug-likeness (QED) is 0.506. The number of halogens is 1. The van der Waals surface area contributed by atoms with Crippen LogP contribution in [0, 0.1) is 10.1 Å². The van der Waals surface area contributed by atoms with Gasteiger partial charge < -0.3 is 5.11 Å². The third-order valence-electron chi connectivity index (χ3n) is 2.12. The van der Waals surface area contributed by atoms with E-state index in [4.69, 9.17) is 16.7 Å². The molecule has 0 aliphatic heterocycles. The second kappa shape index (κ2) is 4.92. The Balaban J connectivity index is 3.50. The highest BCUT2D eigenvalue weighted by Crippen LogP contribution is 2.30. The molecule has 0 heterocycles. The zero-order chi connectivity index (χ0) is 13.2. The summed E-state index contributed by atoms with van der Waals surface area (Å²) in [5.74, 6) is -1.96. The molecule has 1 atom stereocenters. The first-order valence-corrected chi connectivity index (χ1v) is 4.95. The number of alkyl halides is 1. The van der Waals surface area contributed by atoms with Crippen LogP contribution in [0.3, 0.4) is 0 Å². The molecular formula is C10H8ClNO5. The van der Waals surface area contributed by atoms with Gasteiger partial charge in [-0.05, 0) is 12.5 Å². The van der Waals surface area contributed by atoms with Gasteiger partial charge in [-0.15, -0.1) is 11.6 Å². The number of hydrogen-bond donors (Lipinski definition) is 1. The smallest absolute Gasteiger partial charge is 0.343 e. The Labute approximate surface area is 101 Å². The van der Waals surface area contributed by atoms with Crippen molar-refractivity contribution in [2.24, 2.45) is 0 Å². The van der Waals surface area contributed by atoms with Crippen molar-refractivity contribution in [3.8, 4) is 0 Å². The Kier molecular flexibility index (Phi) is 3.80. The number of carbonyl (C=O) groups excluding carboxylic acids is 1. The molecule has 0 aromatic heterocycles. The normalized spacial score (nSPS) is 11.9. The number of carboxylic acids is 1. The van der Waals surface area contributed by atoms with E-state index in [1.807, 2.05) is 0 Å². The van der Waals surface area contributed by atoms with Gasteiger partial charge in [-0.1, -0.05) is 12.1 Å². The summed E-state index contributed by atoms with van der Waals surface area (Å²) in [4.78, 5) is 32.0. The Morgan fingerprint density at radius 1 is 1.47 bits per heavy atom. The lowest BCUT2D eigenvalue weighted by Crippen LogP contribution is -2.11. The molecule has 0 spiro atoms. The van der Waals surface area contributed by atoms with Crippen molar-refractivity contribution in [3.63, 3.8) is 0 Å². The summed E-state index contributed by atoms with van der Waals surface area (Å²) in [6.07, 6.45) is 0. The van der Waals surface area contributed by atoms with Crippen molar-refractivity contribution >= 4 is 29.0 Å². The largest absolute Gasteiger partial charge is 0.477 e. The third kappa shape index (κ3) is 2.59. The minimum atomic E-state index is -1.49. The molecule has 0 saturated carbocycles. The van der Waals surface area contributed by atoms with Gasteiger partial charge in [0.05, 0.1) is 4.92 Å². The summed E-state index contributed by atoms with van der Waals surface area (Å²) in [6.45, 7) is 1.18. The number of benzene rings is 1. The van der Waals surface area contributed by atoms with Crippen LogP contribution in [0.2, 0.25) is 0 Å². The first-order valence-electron chi connectivity index (χ1n) is 4.51. The molecule has 6 nitrogen and oxygen atoms in total. The van der Waals surface area contributed by atoms with E-state index in [-0.39, 0.29) is 5.56 Å². The van der Waals surface area contributed by atoms with Crippen LogP contribution in [0.5, 0.6) is 0 Å². The maximum absolute atomic E-state index is 11.1. The van der Waals surface area contributed by atoms with Crippen molar-refractivity contribution < 1.29 is 19.6 Å². The van der Waals surface area contributed by atoms with Crippen LogP contribution < -0.4 is 0 Å². The lowest BCUT2D eigenvalue weighted by Gasteiger charge is -2.09. The number of nitro groups is 1. The van der Waals surface area contributed by atoms with E-state index in [9.17, 15) is 19.7 Å². The van der Waals surface area contributed by atoms with Crippen LogP contribution >= 0.6 is 11.6 Å². The van der Waals surface area contributed by atoms with Crippen molar-refractivity contribution in [2.45, 2.75) is 12.3 Å². The molecule has 17 heavy (non-hydrogen) atoms. The molecule has 1 unspecified atom stereocenters. The molecule has 0 amide bonds. The Bertz CT molecular complexity index is 499. The summed E-state index contributed by atoms with van der Waals surface area (Å²) in [6, 6.07) is 3.63. The highest BCUT2D eigenvalue weighted by Gasteiger charge is 2.28. The monoisotopic (exact) mass is 257 g/mol. The number of ketones is 1. The molecule has 0 aliphatic carbocycles. The fraction of sp³-hybridized carbons (Fsp3) is 0.200. The topological polar surface area (TPSA) is 97.5 Å². The maximum atomic E-state index is 11.1. The first-order chi connectivity index (χ1) is 7.86. The Morgan fingerprint density at radius 3 is 2.47 bits per heavy atom. The second-order valence-corrected chi connectivity index (χ2v) is 3.71. The number of nitrogens with zero attached hydrogens (tertiary/aromatic N) is 1. The molecule has 1 aromatic carbocycles. The fourth-order valence-corrected chi connectivity index (χ4v) is 1.55. The molecule has 1 rings (SSSR count). The number of nitro benzene ring substituents is 1. The standard InChI is InChI=1S/C10H8ClNO5/c1-5(13)9(11)6-3-2-4-7(12(16)17)8(6)10(14)15/h2-4,9H,1H3,(H,14,15). The average Bonchev–Trinajstić information content (AvgIpc) is 2.26. The van der Waals surface area contributed by atoms with Crippen LogP contribution in [0.25, 0.3) is 0 Å². The molecule has 0 aliphatic rings. The van der Waals surface area contributed by atoms with E-state index in [2.05, 4.69) is 0 Å². The average molecular weight is 258 g/mol. The second-order valence-electron chi connectivity index (χ2n) is 3.28. The van der Waals surface area contributed by atoms with Gasteiger partial charge in [0.1, 0.15) is 10.9 Å². The van der Waals surface area contributed by atoms with E-state index in [1.165, 1.54) is 19.1 Å². The molecule has 0 fully saturated rings. The van der Waals surface area contributed by atoms with Crippen molar-refractivity contribution in [3.05, 3.63) is 39.4 Å². The van der Waals surface area contributed by atoms with Crippen molar-refractivity contribution in [2.75, 3.05) is 0 Å². The molecule has 7 heteroatoms. The van der Waals surface area contributed by atoms with Gasteiger partial charge in [-0.25, -0.2) is 4.79 Å². The van der Waals surface area contributed by atoms with E-state index < -0.39 is 33.3 Å². The van der Waals surface area contributed by atoms with Crippen LogP contribution in [0.15, 0.2) is 18.2 Å². The highest BCUT2D eigenvalue weighted by molar-refractivity contribution is 6.31. The molecule has 0 saturated heterocycles. The summed E-state index contributed by atoms with van der Waals surface area (Å²) >= 11 is 5.73. The van der Waals surface area contributed by atoms with E-state index >= 15 is 0 Å². The van der Waals surface area contributed by atoms with Crippen LogP contribution in [0.4, 0.5) is 5.69 Å². The predicted octanol–water partition coefficient (Wildman–Crippen LogP) is 2.16. The first kappa shape index (κ1) is 13.1. The maximum Gasteiger partial charge on any atom is 0.343 e. The molecule has 1 aromatic rings. The fourth-order valence-electron chi connectivity index (χ4n) is 1.37. The zero-order valence-electron chi connectivity index (χ0n) is 8.71. The molecule has 1 N–H and O–H groups in total. The summed E-state index contributed by atoms with van der Waals surface area (Å²) < 4.78 is 0. The Morgan fingerprint density at radius 2 is 2.06 bits per heavy atom. The molecule has 0 radical (unpaired) electrons. The van der Waals surface area contributed by atoms with Gasteiger partial charge in [0.15, 0.2) is 5.78 Å². The highest BCUT2D eigenvalue weighted by atomic mass is 35.5. The summed E-state index contributed by atoms with van der Waals surface area (Å²) in [5, 5.41) is 18.4. The minimum absolute atomic E-state index is 0.0686. The molecule has 90 valence electrons. The van der Waals surface area contributed by atoms with E-state index in [1.54, 1.807) is 0 Å². The summed E-state index contributed by atoms with van der Waals surface area (Å²) in [5.41, 5.74) is -1.20. The molecular weight excluding hydrogens is 250 g/mol. The van der Waals surface area contributed by atoms with Crippen LogP contribution in [0.1, 0.15) is 28.2 Å². The van der Waals surface area contributed by atoms with Crippen LogP contribution in [-0.2, 0) is 4.79 Å². The summed E-state index contributed by atoms with van der Waals surface area (Å²) in [7, 11) is 0. The lowest BCUT2D eigenvalue weighted by atomic mass is 10.0. The SMILES string of the molecule is CC(=O)C(Cl)c1cccc([N+](=O)[O-])c1C(=O)O. The van der Waals surface area contributed by atoms with E-state index in [0.29, 0.717) is 0 Å². The number of hydrogen-bond acceptors (Lipinski definition) is 4. The molecule has 0 bridgehead atoms. The number of rotatable bonds is 4. The van der Waals surface area contributed by atoms with Gasteiger partial charge in [0.2, 0.25) is 0 Å². The minimum Gasteiger partial charge on any atom is -0.477 e. The Hall–Kier alpha value is -1.95. The third-order valence-corrected chi connectivity index (χ3v) is 2.66.